The largest absolute Gasteiger partial charge is 0.450 e. The molecule has 8 nitrogen and oxygen atoms in total. The summed E-state index contributed by atoms with van der Waals surface area (Å²) in [6, 6.07) is 13.6. The maximum Gasteiger partial charge on any atom is 0.177 e. The van der Waals surface area contributed by atoms with Crippen LogP contribution in [0.25, 0.3) is 11.0 Å². The number of nitrogens with zero attached hydrogens (tertiary/aromatic N) is 1. The fourth-order valence-corrected chi connectivity index (χ4v) is 3.07. The number of aromatic nitrogens is 2. The van der Waals surface area contributed by atoms with Crippen molar-refractivity contribution in [2.45, 2.75) is 27.2 Å². The van der Waals surface area contributed by atoms with Gasteiger partial charge in [-0.1, -0.05) is 30.0 Å². The van der Waals surface area contributed by atoms with Crippen molar-refractivity contribution in [1.82, 2.24) is 9.97 Å². The van der Waals surface area contributed by atoms with Crippen molar-refractivity contribution >= 4 is 33.6 Å². The quantitative estimate of drug-likeness (QED) is 0.121. The molecule has 220 valence electrons. The first-order chi connectivity index (χ1) is 20.0. The van der Waals surface area contributed by atoms with Crippen molar-refractivity contribution in [3.63, 3.8) is 0 Å². The third-order valence-corrected chi connectivity index (χ3v) is 4.76. The van der Waals surface area contributed by atoms with Gasteiger partial charge >= 0.3 is 0 Å². The Labute approximate surface area is 258 Å². The van der Waals surface area contributed by atoms with Crippen LogP contribution in [0.5, 0.6) is 0 Å². The normalized spacial score (nSPS) is 9.24. The first kappa shape index (κ1) is 35.8. The van der Waals surface area contributed by atoms with Crippen LogP contribution in [0.15, 0.2) is 68.0 Å². The van der Waals surface area contributed by atoms with Crippen molar-refractivity contribution in [2.24, 2.45) is 0 Å². The number of fused-ring (bicyclic) bond motifs is 1. The average Bonchev–Trinajstić information content (AvgIpc) is 3.81. The minimum atomic E-state index is -0.369. The molecule has 2 N–H and O–H groups in total. The maximum absolute atomic E-state index is 13.0. The number of hydrogen-bond acceptors (Lipinski definition) is 7. The number of halogens is 2. The molecule has 0 saturated heterocycles. The number of pyridine rings is 1. The molecule has 0 unspecified atom stereocenters. The molecule has 0 fully saturated rings. The summed E-state index contributed by atoms with van der Waals surface area (Å²) in [6.07, 6.45) is 11.2. The zero-order chi connectivity index (χ0) is 30.0. The van der Waals surface area contributed by atoms with Crippen LogP contribution in [0.2, 0.25) is 0 Å². The van der Waals surface area contributed by atoms with Gasteiger partial charge in [-0.2, -0.15) is 0 Å². The fourth-order valence-electron chi connectivity index (χ4n) is 3.07. The first-order valence-corrected chi connectivity index (χ1v) is 14.0. The highest BCUT2D eigenvalue weighted by Crippen LogP contribution is 2.14. The van der Waals surface area contributed by atoms with Crippen LogP contribution in [-0.4, -0.2) is 34.2 Å². The van der Waals surface area contributed by atoms with Crippen LogP contribution < -0.4 is 0 Å². The summed E-state index contributed by atoms with van der Waals surface area (Å²) in [4.78, 5) is 8.92. The first-order valence-electron chi connectivity index (χ1n) is 11.8. The van der Waals surface area contributed by atoms with E-state index in [2.05, 4.69) is 56.2 Å². The second-order valence-electron chi connectivity index (χ2n) is 7.64. The number of H-pyrrole nitrogens is 1. The van der Waals surface area contributed by atoms with Crippen molar-refractivity contribution in [1.29, 1.82) is 0 Å². The minimum absolute atomic E-state index is 0. The fraction of sp³-hybridized carbons (Fsp3) is 0.219. The van der Waals surface area contributed by atoms with E-state index in [0.29, 0.717) is 53.0 Å². The molecule has 0 aliphatic carbocycles. The van der Waals surface area contributed by atoms with Gasteiger partial charge in [0.25, 0.3) is 0 Å². The molecule has 5 rings (SSSR count). The lowest BCUT2D eigenvalue weighted by atomic mass is 10.3. The Morgan fingerprint density at radius 2 is 1.38 bits per heavy atom. The van der Waals surface area contributed by atoms with E-state index in [4.69, 9.17) is 40.7 Å². The smallest absolute Gasteiger partial charge is 0.177 e. The van der Waals surface area contributed by atoms with Crippen molar-refractivity contribution in [3.05, 3.63) is 101 Å². The van der Waals surface area contributed by atoms with Gasteiger partial charge < -0.3 is 32.8 Å². The van der Waals surface area contributed by atoms with Gasteiger partial charge in [0.15, 0.2) is 17.3 Å². The predicted molar refractivity (Wildman–Crippen MR) is 168 cm³/mol. The van der Waals surface area contributed by atoms with E-state index in [9.17, 15) is 4.39 Å². The summed E-state index contributed by atoms with van der Waals surface area (Å²) >= 11 is 2.15. The molecule has 0 spiro atoms. The third-order valence-electron chi connectivity index (χ3n) is 4.76. The van der Waals surface area contributed by atoms with E-state index in [0.717, 1.165) is 11.5 Å². The summed E-state index contributed by atoms with van der Waals surface area (Å²) < 4.78 is 38.3. The molecule has 0 radical (unpaired) electrons. The lowest BCUT2D eigenvalue weighted by molar-refractivity contribution is 0.164. The Balaban J connectivity index is 0.000000338. The van der Waals surface area contributed by atoms with Crippen molar-refractivity contribution < 1.29 is 32.2 Å². The lowest BCUT2D eigenvalue weighted by Crippen LogP contribution is -1.81. The second kappa shape index (κ2) is 19.8. The number of methoxy groups -OCH3 is 2. The van der Waals surface area contributed by atoms with Crippen LogP contribution >= 0.6 is 22.6 Å². The van der Waals surface area contributed by atoms with E-state index in [1.54, 1.807) is 50.6 Å². The van der Waals surface area contributed by atoms with Gasteiger partial charge in [0.2, 0.25) is 0 Å². The number of alkyl halides is 1. The van der Waals surface area contributed by atoms with Gasteiger partial charge in [0.05, 0.1) is 11.9 Å². The Hall–Kier alpha value is -4.25. The van der Waals surface area contributed by atoms with E-state index >= 15 is 0 Å². The van der Waals surface area contributed by atoms with Crippen LogP contribution in [0.3, 0.4) is 0 Å². The zero-order valence-corrected chi connectivity index (χ0v) is 24.8. The van der Waals surface area contributed by atoms with Crippen molar-refractivity contribution in [3.8, 4) is 36.5 Å². The second-order valence-corrected chi connectivity index (χ2v) is 7.64. The standard InChI is InChI=1S/C15H11FN2O2.C8H8O2.C7H6O2.CH3I.CH4/c1-19-9-14-5-4-13(20-14)3-2-12-7-10-6-11(16)8-17-15(10)18-12;1-3-7-4-5-8(10-7)6-9-2;1-2-6-3-4-7(5-8)9-6;1-2;/h4-8H,9H2,1H3,(H,17,18);1,4-5H,6H2,2H3;1,3-4,8H,5H2;1H3;1H4. The molecule has 0 aliphatic heterocycles. The van der Waals surface area contributed by atoms with Gasteiger partial charge in [0.1, 0.15) is 48.6 Å². The lowest BCUT2D eigenvalue weighted by Gasteiger charge is -1.90. The van der Waals surface area contributed by atoms with Crippen molar-refractivity contribution in [2.75, 3.05) is 19.2 Å². The number of hydrogen-bond donors (Lipinski definition) is 2. The molecule has 0 atom stereocenters. The zero-order valence-electron chi connectivity index (χ0n) is 22.7. The van der Waals surface area contributed by atoms with Crippen LogP contribution in [0.4, 0.5) is 4.39 Å². The van der Waals surface area contributed by atoms with Gasteiger partial charge in [-0.05, 0) is 77.1 Å². The Morgan fingerprint density at radius 3 is 1.88 bits per heavy atom. The van der Waals surface area contributed by atoms with E-state index in [1.807, 2.05) is 11.0 Å². The maximum atomic E-state index is 13.0. The summed E-state index contributed by atoms with van der Waals surface area (Å²) in [6.45, 7) is 0.792. The van der Waals surface area contributed by atoms with Gasteiger partial charge in [0, 0.05) is 19.6 Å². The van der Waals surface area contributed by atoms with E-state index < -0.39 is 0 Å². The number of ether oxygens (including phenoxy) is 2. The van der Waals surface area contributed by atoms with E-state index in [1.165, 1.54) is 12.3 Å². The monoisotopic (exact) mass is 686 g/mol. The van der Waals surface area contributed by atoms with Crippen LogP contribution in [0, 0.1) is 42.3 Å². The molecule has 5 aromatic rings. The molecule has 0 aromatic carbocycles. The molecule has 5 aromatic heterocycles. The summed E-state index contributed by atoms with van der Waals surface area (Å²) in [5.74, 6) is 13.7. The Kier molecular flexibility index (Phi) is 16.8. The average molecular weight is 687 g/mol. The molecular weight excluding hydrogens is 654 g/mol. The highest BCUT2D eigenvalue weighted by Gasteiger charge is 2.02. The van der Waals surface area contributed by atoms with Gasteiger partial charge in [-0.15, -0.1) is 12.8 Å². The Morgan fingerprint density at radius 1 is 0.857 bits per heavy atom. The number of furan rings is 3. The summed E-state index contributed by atoms with van der Waals surface area (Å²) in [5, 5.41) is 9.17. The number of aromatic amines is 1. The number of terminal acetylenes is 2. The molecular formula is C32H32FIN2O6. The molecule has 0 saturated carbocycles. The molecule has 42 heavy (non-hydrogen) atoms. The molecule has 5 heterocycles. The Bertz CT molecular complexity index is 1640. The molecule has 10 heteroatoms. The summed E-state index contributed by atoms with van der Waals surface area (Å²) in [5.41, 5.74) is 1.26. The number of aliphatic hydroxyl groups is 1. The van der Waals surface area contributed by atoms with E-state index in [-0.39, 0.29) is 19.9 Å². The van der Waals surface area contributed by atoms with Gasteiger partial charge in [-0.3, -0.25) is 0 Å². The van der Waals surface area contributed by atoms with Crippen LogP contribution in [-0.2, 0) is 29.3 Å². The van der Waals surface area contributed by atoms with Gasteiger partial charge in [-0.25, -0.2) is 9.37 Å². The highest BCUT2D eigenvalue weighted by molar-refractivity contribution is 14.1. The molecule has 0 amide bonds. The number of nitrogens with one attached hydrogen (secondary N) is 1. The van der Waals surface area contributed by atoms with Crippen LogP contribution in [0.1, 0.15) is 47.7 Å². The molecule has 0 bridgehead atoms. The molecule has 0 aliphatic rings. The summed E-state index contributed by atoms with van der Waals surface area (Å²) in [7, 11) is 3.21. The highest BCUT2D eigenvalue weighted by atomic mass is 127. The SMILES string of the molecule is C.C#Cc1ccc(CO)o1.C#Cc1ccc(COC)o1.CI.COCc1ccc(C#Cc2cc3cc(F)cnc3[nH]2)o1. The number of rotatable bonds is 5. The minimum Gasteiger partial charge on any atom is -0.450 e. The number of aliphatic hydroxyl groups excluding tert-OH is 1. The third kappa shape index (κ3) is 11.7. The predicted octanol–water partition coefficient (Wildman–Crippen LogP) is 6.69. The topological polar surface area (TPSA) is 107 Å².